The highest BCUT2D eigenvalue weighted by Gasteiger charge is 2.26. The van der Waals surface area contributed by atoms with Gasteiger partial charge in [0.15, 0.2) is 11.5 Å². The van der Waals surface area contributed by atoms with Crippen LogP contribution in [0.3, 0.4) is 0 Å². The quantitative estimate of drug-likeness (QED) is 0.748. The van der Waals surface area contributed by atoms with E-state index in [0.29, 0.717) is 5.56 Å². The third-order valence-electron chi connectivity index (χ3n) is 2.92. The molecule has 3 rings (SSSR count). The molecule has 1 N–H and O–H groups in total. The lowest BCUT2D eigenvalue weighted by Gasteiger charge is -2.13. The van der Waals surface area contributed by atoms with Gasteiger partial charge in [-0.25, -0.2) is 0 Å². The van der Waals surface area contributed by atoms with Crippen molar-refractivity contribution >= 4 is 22.3 Å². The molecule has 1 aliphatic carbocycles. The second kappa shape index (κ2) is 3.28. The SMILES string of the molecule is O=C1C(O)=CC(=O)c2c1ccc1ccccc21. The minimum Gasteiger partial charge on any atom is -0.504 e. The first-order valence-electron chi connectivity index (χ1n) is 5.20. The molecule has 1 aliphatic rings. The molecule has 0 atom stereocenters. The predicted molar refractivity (Wildman–Crippen MR) is 63.3 cm³/mol. The molecule has 0 bridgehead atoms. The van der Waals surface area contributed by atoms with Crippen LogP contribution in [-0.4, -0.2) is 16.7 Å². The average molecular weight is 224 g/mol. The van der Waals surface area contributed by atoms with Gasteiger partial charge in [0.05, 0.1) is 0 Å². The van der Waals surface area contributed by atoms with Gasteiger partial charge in [0.1, 0.15) is 0 Å². The Morgan fingerprint density at radius 3 is 2.53 bits per heavy atom. The number of aliphatic hydroxyl groups excluding tert-OH is 1. The summed E-state index contributed by atoms with van der Waals surface area (Å²) < 4.78 is 0. The number of aliphatic hydroxyl groups is 1. The smallest absolute Gasteiger partial charge is 0.228 e. The summed E-state index contributed by atoms with van der Waals surface area (Å²) in [5.41, 5.74) is 0.652. The lowest BCUT2D eigenvalue weighted by Crippen LogP contribution is -2.17. The Morgan fingerprint density at radius 1 is 0.941 bits per heavy atom. The van der Waals surface area contributed by atoms with Gasteiger partial charge in [-0.05, 0) is 16.8 Å². The summed E-state index contributed by atoms with van der Waals surface area (Å²) in [6.45, 7) is 0. The van der Waals surface area contributed by atoms with Gasteiger partial charge < -0.3 is 5.11 Å². The van der Waals surface area contributed by atoms with Crippen LogP contribution in [0.1, 0.15) is 20.7 Å². The van der Waals surface area contributed by atoms with Gasteiger partial charge in [0.25, 0.3) is 0 Å². The highest BCUT2D eigenvalue weighted by molar-refractivity contribution is 6.27. The monoisotopic (exact) mass is 224 g/mol. The molecule has 0 heterocycles. The maximum Gasteiger partial charge on any atom is 0.228 e. The number of fused-ring (bicyclic) bond motifs is 3. The molecule has 0 aromatic heterocycles. The molecule has 17 heavy (non-hydrogen) atoms. The van der Waals surface area contributed by atoms with Crippen molar-refractivity contribution in [1.82, 2.24) is 0 Å². The highest BCUT2D eigenvalue weighted by Crippen LogP contribution is 2.27. The summed E-state index contributed by atoms with van der Waals surface area (Å²) in [6.07, 6.45) is 0.983. The third kappa shape index (κ3) is 1.29. The van der Waals surface area contributed by atoms with E-state index >= 15 is 0 Å². The number of carbonyl (C=O) groups is 2. The molecule has 0 unspecified atom stereocenters. The Balaban J connectivity index is 2.44. The summed E-state index contributed by atoms with van der Waals surface area (Å²) in [5, 5.41) is 11.0. The van der Waals surface area contributed by atoms with E-state index in [2.05, 4.69) is 0 Å². The molecule has 2 aromatic rings. The van der Waals surface area contributed by atoms with Crippen LogP contribution in [0.5, 0.6) is 0 Å². The van der Waals surface area contributed by atoms with E-state index in [1.165, 1.54) is 0 Å². The average Bonchev–Trinajstić information content (AvgIpc) is 2.35. The number of ketones is 2. The minimum absolute atomic E-state index is 0.272. The fourth-order valence-electron chi connectivity index (χ4n) is 2.13. The number of rotatable bonds is 0. The zero-order valence-corrected chi connectivity index (χ0v) is 8.81. The summed E-state index contributed by atoms with van der Waals surface area (Å²) in [4.78, 5) is 23.6. The number of benzene rings is 2. The lowest BCUT2D eigenvalue weighted by atomic mass is 9.89. The van der Waals surface area contributed by atoms with Crippen molar-refractivity contribution in [1.29, 1.82) is 0 Å². The van der Waals surface area contributed by atoms with Crippen molar-refractivity contribution in [2.75, 3.05) is 0 Å². The molecule has 0 radical (unpaired) electrons. The third-order valence-corrected chi connectivity index (χ3v) is 2.92. The van der Waals surface area contributed by atoms with E-state index in [4.69, 9.17) is 0 Å². The van der Waals surface area contributed by atoms with Crippen LogP contribution in [0.15, 0.2) is 48.2 Å². The van der Waals surface area contributed by atoms with Crippen LogP contribution < -0.4 is 0 Å². The second-order valence-corrected chi connectivity index (χ2v) is 3.93. The maximum atomic E-state index is 11.9. The van der Waals surface area contributed by atoms with E-state index in [0.717, 1.165) is 16.8 Å². The molecular formula is C14H8O3. The molecule has 2 aromatic carbocycles. The predicted octanol–water partition coefficient (Wildman–Crippen LogP) is 2.66. The Morgan fingerprint density at radius 2 is 1.71 bits per heavy atom. The van der Waals surface area contributed by atoms with Gasteiger partial charge in [-0.15, -0.1) is 0 Å². The van der Waals surface area contributed by atoms with Crippen LogP contribution in [0.25, 0.3) is 10.8 Å². The zero-order valence-electron chi connectivity index (χ0n) is 8.81. The Bertz CT molecular complexity index is 696. The summed E-state index contributed by atoms with van der Waals surface area (Å²) in [6, 6.07) is 10.7. The number of hydrogen-bond acceptors (Lipinski definition) is 3. The molecule has 0 saturated heterocycles. The van der Waals surface area contributed by atoms with Gasteiger partial charge in [-0.1, -0.05) is 30.3 Å². The Hall–Kier alpha value is -2.42. The van der Waals surface area contributed by atoms with Crippen molar-refractivity contribution in [3.05, 3.63) is 59.4 Å². The number of allylic oxidation sites excluding steroid dienone is 2. The topological polar surface area (TPSA) is 54.4 Å². The van der Waals surface area contributed by atoms with Crippen LogP contribution >= 0.6 is 0 Å². The van der Waals surface area contributed by atoms with E-state index in [1.54, 1.807) is 18.2 Å². The van der Waals surface area contributed by atoms with Crippen molar-refractivity contribution in [3.8, 4) is 0 Å². The molecule has 0 amide bonds. The molecular weight excluding hydrogens is 216 g/mol. The molecule has 0 aliphatic heterocycles. The first-order chi connectivity index (χ1) is 8.18. The van der Waals surface area contributed by atoms with Gasteiger partial charge in [0.2, 0.25) is 5.78 Å². The van der Waals surface area contributed by atoms with E-state index in [9.17, 15) is 14.7 Å². The number of Topliss-reactive ketones (excluding diaryl/α,β-unsaturated/α-hetero) is 1. The highest BCUT2D eigenvalue weighted by atomic mass is 16.3. The maximum absolute atomic E-state index is 11.9. The van der Waals surface area contributed by atoms with Crippen LogP contribution in [0.4, 0.5) is 0 Å². The second-order valence-electron chi connectivity index (χ2n) is 3.93. The minimum atomic E-state index is -0.495. The van der Waals surface area contributed by atoms with Gasteiger partial charge >= 0.3 is 0 Å². The fraction of sp³-hybridized carbons (Fsp3) is 0. The molecule has 82 valence electrons. The van der Waals surface area contributed by atoms with E-state index < -0.39 is 11.5 Å². The van der Waals surface area contributed by atoms with Crippen molar-refractivity contribution < 1.29 is 14.7 Å². The van der Waals surface area contributed by atoms with Crippen molar-refractivity contribution in [2.24, 2.45) is 0 Å². The first kappa shape index (κ1) is 9.78. The van der Waals surface area contributed by atoms with E-state index in [-0.39, 0.29) is 11.3 Å². The standard InChI is InChI=1S/C14H8O3/c15-11-7-12(16)14(17)10-6-5-8-3-1-2-4-9(8)13(10)11/h1-7,16H. The largest absolute Gasteiger partial charge is 0.504 e. The first-order valence-corrected chi connectivity index (χ1v) is 5.20. The summed E-state index contributed by atoms with van der Waals surface area (Å²) in [7, 11) is 0. The molecule has 0 saturated carbocycles. The lowest BCUT2D eigenvalue weighted by molar-refractivity contribution is 0.0940. The number of hydrogen-bond donors (Lipinski definition) is 1. The van der Waals surface area contributed by atoms with Crippen LogP contribution in [0.2, 0.25) is 0 Å². The normalized spacial score (nSPS) is 14.7. The Kier molecular flexibility index (Phi) is 1.89. The van der Waals surface area contributed by atoms with Gasteiger partial charge in [-0.2, -0.15) is 0 Å². The zero-order chi connectivity index (χ0) is 12.0. The van der Waals surface area contributed by atoms with Crippen molar-refractivity contribution in [3.63, 3.8) is 0 Å². The molecule has 0 fully saturated rings. The summed E-state index contributed by atoms with van der Waals surface area (Å²) in [5.74, 6) is -1.31. The van der Waals surface area contributed by atoms with Crippen LogP contribution in [-0.2, 0) is 0 Å². The molecule has 0 spiro atoms. The summed E-state index contributed by atoms with van der Waals surface area (Å²) >= 11 is 0. The van der Waals surface area contributed by atoms with E-state index in [1.807, 2.05) is 18.2 Å². The Labute approximate surface area is 97.0 Å². The van der Waals surface area contributed by atoms with Gasteiger partial charge in [-0.3, -0.25) is 9.59 Å². The molecule has 3 nitrogen and oxygen atoms in total. The number of carbonyl (C=O) groups excluding carboxylic acids is 2. The van der Waals surface area contributed by atoms with Crippen molar-refractivity contribution in [2.45, 2.75) is 0 Å². The van der Waals surface area contributed by atoms with Gasteiger partial charge in [0, 0.05) is 17.2 Å². The van der Waals surface area contributed by atoms with Crippen LogP contribution in [0, 0.1) is 0 Å². The molecule has 3 heteroatoms. The fourth-order valence-corrected chi connectivity index (χ4v) is 2.13.